The van der Waals surface area contributed by atoms with E-state index in [1.165, 1.54) is 0 Å². The number of furan rings is 2. The van der Waals surface area contributed by atoms with Crippen molar-refractivity contribution in [3.63, 3.8) is 0 Å². The third-order valence-corrected chi connectivity index (χ3v) is 3.31. The molecular weight excluding hydrogens is 242 g/mol. The number of nitrogens with zero attached hydrogens (tertiary/aromatic N) is 1. The highest BCUT2D eigenvalue weighted by Crippen LogP contribution is 2.22. The van der Waals surface area contributed by atoms with Crippen molar-refractivity contribution >= 4 is 5.91 Å². The minimum absolute atomic E-state index is 0.0408. The molecule has 0 aliphatic rings. The molecule has 0 saturated carbocycles. The zero-order chi connectivity index (χ0) is 14.2. The molecule has 0 saturated heterocycles. The van der Waals surface area contributed by atoms with Gasteiger partial charge in [-0.3, -0.25) is 4.79 Å². The fourth-order valence-electron chi connectivity index (χ4n) is 2.17. The van der Waals surface area contributed by atoms with E-state index in [9.17, 15) is 4.79 Å². The summed E-state index contributed by atoms with van der Waals surface area (Å²) < 4.78 is 11.0. The second-order valence-corrected chi connectivity index (χ2v) is 4.89. The highest BCUT2D eigenvalue weighted by Gasteiger charge is 2.22. The lowest BCUT2D eigenvalue weighted by molar-refractivity contribution is 0.0772. The van der Waals surface area contributed by atoms with Crippen LogP contribution in [0, 0.1) is 27.7 Å². The van der Waals surface area contributed by atoms with Gasteiger partial charge in [0.25, 0.3) is 5.91 Å². The summed E-state index contributed by atoms with van der Waals surface area (Å²) in [6.07, 6.45) is 0. The van der Waals surface area contributed by atoms with E-state index in [1.54, 1.807) is 11.9 Å². The van der Waals surface area contributed by atoms with Crippen LogP contribution in [0.15, 0.2) is 21.0 Å². The van der Waals surface area contributed by atoms with Gasteiger partial charge in [-0.1, -0.05) is 0 Å². The summed E-state index contributed by atoms with van der Waals surface area (Å²) in [6, 6.07) is 3.78. The summed E-state index contributed by atoms with van der Waals surface area (Å²) in [5.41, 5.74) is 1.56. The highest BCUT2D eigenvalue weighted by atomic mass is 16.3. The van der Waals surface area contributed by atoms with Crippen LogP contribution in [-0.2, 0) is 6.54 Å². The molecule has 0 unspecified atom stereocenters. The molecule has 2 aromatic rings. The van der Waals surface area contributed by atoms with Crippen LogP contribution >= 0.6 is 0 Å². The maximum atomic E-state index is 12.4. The van der Waals surface area contributed by atoms with Gasteiger partial charge >= 0.3 is 0 Å². The normalized spacial score (nSPS) is 10.8. The summed E-state index contributed by atoms with van der Waals surface area (Å²) in [5.74, 6) is 3.05. The molecule has 0 fully saturated rings. The average Bonchev–Trinajstić information content (AvgIpc) is 2.84. The van der Waals surface area contributed by atoms with E-state index in [0.29, 0.717) is 17.9 Å². The molecule has 0 radical (unpaired) electrons. The predicted molar refractivity (Wildman–Crippen MR) is 72.2 cm³/mol. The number of amides is 1. The van der Waals surface area contributed by atoms with Gasteiger partial charge in [0.2, 0.25) is 0 Å². The number of aryl methyl sites for hydroxylation is 3. The average molecular weight is 261 g/mol. The third-order valence-electron chi connectivity index (χ3n) is 3.31. The van der Waals surface area contributed by atoms with Gasteiger partial charge in [0, 0.05) is 12.6 Å². The van der Waals surface area contributed by atoms with Gasteiger partial charge in [-0.25, -0.2) is 0 Å². The Morgan fingerprint density at radius 1 is 1.11 bits per heavy atom. The Bertz CT molecular complexity index is 607. The standard InChI is InChI=1S/C15H19NO3/c1-9-6-7-13(18-9)8-16(5)15(17)14-10(2)11(3)19-12(14)4/h6-7H,8H2,1-5H3. The lowest BCUT2D eigenvalue weighted by atomic mass is 10.1. The van der Waals surface area contributed by atoms with Crippen LogP contribution in [0.5, 0.6) is 0 Å². The lowest BCUT2D eigenvalue weighted by Gasteiger charge is -2.15. The lowest BCUT2D eigenvalue weighted by Crippen LogP contribution is -2.26. The van der Waals surface area contributed by atoms with Gasteiger partial charge in [0.05, 0.1) is 12.1 Å². The topological polar surface area (TPSA) is 46.6 Å². The SMILES string of the molecule is Cc1ccc(CN(C)C(=O)c2c(C)oc(C)c2C)o1. The molecule has 2 heterocycles. The molecule has 19 heavy (non-hydrogen) atoms. The Balaban J connectivity index is 2.19. The first-order valence-corrected chi connectivity index (χ1v) is 6.27. The van der Waals surface area contributed by atoms with Crippen LogP contribution in [0.1, 0.15) is 39.0 Å². The van der Waals surface area contributed by atoms with E-state index < -0.39 is 0 Å². The molecular formula is C15H19NO3. The minimum atomic E-state index is -0.0408. The number of hydrogen-bond acceptors (Lipinski definition) is 3. The van der Waals surface area contributed by atoms with Crippen molar-refractivity contribution < 1.29 is 13.6 Å². The Morgan fingerprint density at radius 3 is 2.26 bits per heavy atom. The van der Waals surface area contributed by atoms with Crippen molar-refractivity contribution in [2.75, 3.05) is 7.05 Å². The van der Waals surface area contributed by atoms with E-state index in [4.69, 9.17) is 8.83 Å². The largest absolute Gasteiger partial charge is 0.466 e. The van der Waals surface area contributed by atoms with E-state index >= 15 is 0 Å². The quantitative estimate of drug-likeness (QED) is 0.851. The zero-order valence-corrected chi connectivity index (χ0v) is 12.0. The summed E-state index contributed by atoms with van der Waals surface area (Å²) in [5, 5.41) is 0. The first-order chi connectivity index (χ1) is 8.90. The molecule has 4 nitrogen and oxygen atoms in total. The fourth-order valence-corrected chi connectivity index (χ4v) is 2.17. The zero-order valence-electron chi connectivity index (χ0n) is 12.0. The van der Waals surface area contributed by atoms with Crippen molar-refractivity contribution in [2.45, 2.75) is 34.2 Å². The van der Waals surface area contributed by atoms with Gasteiger partial charge in [0.15, 0.2) is 0 Å². The maximum Gasteiger partial charge on any atom is 0.257 e. The Hall–Kier alpha value is -1.97. The molecule has 0 atom stereocenters. The predicted octanol–water partition coefficient (Wildman–Crippen LogP) is 3.38. The molecule has 4 heteroatoms. The molecule has 1 amide bonds. The number of carbonyl (C=O) groups excluding carboxylic acids is 1. The summed E-state index contributed by atoms with van der Waals surface area (Å²) in [7, 11) is 1.77. The molecule has 2 rings (SSSR count). The first kappa shape index (κ1) is 13.5. The van der Waals surface area contributed by atoms with Gasteiger partial charge in [0.1, 0.15) is 23.0 Å². The first-order valence-electron chi connectivity index (χ1n) is 6.27. The molecule has 0 N–H and O–H groups in total. The third kappa shape index (κ3) is 2.57. The number of hydrogen-bond donors (Lipinski definition) is 0. The van der Waals surface area contributed by atoms with Crippen LogP contribution in [0.25, 0.3) is 0 Å². The molecule has 0 aliphatic heterocycles. The van der Waals surface area contributed by atoms with E-state index in [-0.39, 0.29) is 5.91 Å². The summed E-state index contributed by atoms with van der Waals surface area (Å²) in [4.78, 5) is 14.1. The van der Waals surface area contributed by atoms with Crippen LogP contribution in [-0.4, -0.2) is 17.9 Å². The van der Waals surface area contributed by atoms with Gasteiger partial charge in [-0.15, -0.1) is 0 Å². The fraction of sp³-hybridized carbons (Fsp3) is 0.400. The van der Waals surface area contributed by atoms with Gasteiger partial charge < -0.3 is 13.7 Å². The number of rotatable bonds is 3. The monoisotopic (exact) mass is 261 g/mol. The highest BCUT2D eigenvalue weighted by molar-refractivity contribution is 5.96. The van der Waals surface area contributed by atoms with Crippen molar-refractivity contribution in [1.29, 1.82) is 0 Å². The van der Waals surface area contributed by atoms with Gasteiger partial charge in [-0.2, -0.15) is 0 Å². The summed E-state index contributed by atoms with van der Waals surface area (Å²) >= 11 is 0. The van der Waals surface area contributed by atoms with Crippen molar-refractivity contribution in [3.05, 3.63) is 46.3 Å². The molecule has 0 spiro atoms. The van der Waals surface area contributed by atoms with Crippen LogP contribution in [0.3, 0.4) is 0 Å². The summed E-state index contributed by atoms with van der Waals surface area (Å²) in [6.45, 7) is 7.94. The molecule has 102 valence electrons. The van der Waals surface area contributed by atoms with E-state index in [2.05, 4.69) is 0 Å². The van der Waals surface area contributed by atoms with Gasteiger partial charge in [-0.05, 0) is 39.8 Å². The maximum absolute atomic E-state index is 12.4. The van der Waals surface area contributed by atoms with Crippen LogP contribution < -0.4 is 0 Å². The Labute approximate surface area is 113 Å². The van der Waals surface area contributed by atoms with Crippen molar-refractivity contribution in [2.24, 2.45) is 0 Å². The van der Waals surface area contributed by atoms with E-state index in [0.717, 1.165) is 22.8 Å². The van der Waals surface area contributed by atoms with Crippen molar-refractivity contribution in [1.82, 2.24) is 4.90 Å². The smallest absolute Gasteiger partial charge is 0.257 e. The molecule has 2 aromatic heterocycles. The molecule has 0 aromatic carbocycles. The van der Waals surface area contributed by atoms with Crippen molar-refractivity contribution in [3.8, 4) is 0 Å². The minimum Gasteiger partial charge on any atom is -0.466 e. The Kier molecular flexibility index (Phi) is 3.51. The second-order valence-electron chi connectivity index (χ2n) is 4.89. The van der Waals surface area contributed by atoms with Crippen LogP contribution in [0.2, 0.25) is 0 Å². The molecule has 0 bridgehead atoms. The second kappa shape index (κ2) is 4.96. The number of carbonyl (C=O) groups is 1. The Morgan fingerprint density at radius 2 is 1.79 bits per heavy atom. The van der Waals surface area contributed by atoms with Crippen LogP contribution in [0.4, 0.5) is 0 Å². The molecule has 0 aliphatic carbocycles. The van der Waals surface area contributed by atoms with E-state index in [1.807, 2.05) is 39.8 Å².